The highest BCUT2D eigenvalue weighted by Gasteiger charge is 2.26. The summed E-state index contributed by atoms with van der Waals surface area (Å²) in [5, 5.41) is 22.3. The molecule has 0 fully saturated rings. The van der Waals surface area contributed by atoms with Crippen molar-refractivity contribution in [1.29, 1.82) is 5.26 Å². The molecule has 0 saturated heterocycles. The molecule has 1 atom stereocenters. The van der Waals surface area contributed by atoms with Crippen LogP contribution >= 0.6 is 0 Å². The molecule has 0 unspecified atom stereocenters. The van der Waals surface area contributed by atoms with Crippen LogP contribution in [-0.4, -0.2) is 31.3 Å². The first-order valence-electron chi connectivity index (χ1n) is 10.5. The Morgan fingerprint density at radius 1 is 1.00 bits per heavy atom. The molecule has 11 nitrogen and oxygen atoms in total. The number of nitriles is 1. The number of non-ortho nitro benzene ring substituents is 1. The molecule has 3 aromatic rings. The van der Waals surface area contributed by atoms with Crippen LogP contribution < -0.4 is 10.0 Å². The van der Waals surface area contributed by atoms with Crippen molar-refractivity contribution >= 4 is 33.3 Å². The van der Waals surface area contributed by atoms with E-state index in [0.717, 1.165) is 29.8 Å². The Balaban J connectivity index is 1.63. The number of hydrogen-bond donors (Lipinski definition) is 2. The Kier molecular flexibility index (Phi) is 8.45. The van der Waals surface area contributed by atoms with Gasteiger partial charge in [0.25, 0.3) is 5.69 Å². The first kappa shape index (κ1) is 26.0. The van der Waals surface area contributed by atoms with Gasteiger partial charge >= 0.3 is 5.97 Å². The fraction of sp³-hybridized carbons (Fsp3) is 0.125. The summed E-state index contributed by atoms with van der Waals surface area (Å²) in [7, 11) is -4.25. The standard InChI is InChI=1S/C24H20N4O7S/c25-15-14-22(27-36(33,34)21-12-10-20(11-13-21)28(31)32)23(29)26-19-8-6-18(7-9-19)24(30)35-16-17-4-2-1-3-5-17/h1-13,22,27H,14,16H2,(H,26,29)/t22-/m0/s1. The van der Waals surface area contributed by atoms with Gasteiger partial charge in [-0.2, -0.15) is 9.98 Å². The molecular weight excluding hydrogens is 488 g/mol. The second kappa shape index (κ2) is 11.7. The van der Waals surface area contributed by atoms with Gasteiger partial charge in [-0.05, 0) is 42.0 Å². The van der Waals surface area contributed by atoms with E-state index in [0.29, 0.717) is 0 Å². The third-order valence-corrected chi connectivity index (χ3v) is 6.36. The molecule has 3 rings (SSSR count). The molecule has 0 spiro atoms. The van der Waals surface area contributed by atoms with Crippen molar-refractivity contribution in [3.63, 3.8) is 0 Å². The summed E-state index contributed by atoms with van der Waals surface area (Å²) >= 11 is 0. The predicted molar refractivity (Wildman–Crippen MR) is 128 cm³/mol. The smallest absolute Gasteiger partial charge is 0.338 e. The number of amides is 1. The average Bonchev–Trinajstić information content (AvgIpc) is 2.88. The lowest BCUT2D eigenvalue weighted by Crippen LogP contribution is -2.43. The molecule has 0 radical (unpaired) electrons. The number of nitro benzene ring substituents is 1. The Morgan fingerprint density at radius 2 is 1.64 bits per heavy atom. The van der Waals surface area contributed by atoms with Crippen LogP contribution in [0.25, 0.3) is 0 Å². The van der Waals surface area contributed by atoms with E-state index in [4.69, 9.17) is 10.00 Å². The molecule has 0 aromatic heterocycles. The SMILES string of the molecule is N#CC[C@H](NS(=O)(=O)c1ccc([N+](=O)[O-])cc1)C(=O)Nc1ccc(C(=O)OCc2ccccc2)cc1. The number of esters is 1. The number of rotatable bonds is 10. The van der Waals surface area contributed by atoms with Crippen LogP contribution in [0.5, 0.6) is 0 Å². The van der Waals surface area contributed by atoms with Gasteiger partial charge in [0.1, 0.15) is 12.6 Å². The highest BCUT2D eigenvalue weighted by atomic mass is 32.2. The zero-order valence-corrected chi connectivity index (χ0v) is 19.5. The van der Waals surface area contributed by atoms with E-state index in [-0.39, 0.29) is 28.4 Å². The molecule has 1 amide bonds. The number of carbonyl (C=O) groups excluding carboxylic acids is 2. The van der Waals surface area contributed by atoms with E-state index < -0.39 is 39.3 Å². The van der Waals surface area contributed by atoms with Crippen LogP contribution in [0.3, 0.4) is 0 Å². The summed E-state index contributed by atoms with van der Waals surface area (Å²) in [6, 6.07) is 19.3. The number of ether oxygens (including phenoxy) is 1. The summed E-state index contributed by atoms with van der Waals surface area (Å²) < 4.78 is 32.6. The first-order chi connectivity index (χ1) is 17.2. The molecule has 0 aliphatic heterocycles. The minimum atomic E-state index is -4.25. The Labute approximate surface area is 206 Å². The molecule has 0 bridgehead atoms. The Hall–Kier alpha value is -4.60. The number of nitro groups is 1. The summed E-state index contributed by atoms with van der Waals surface area (Å²) in [6.45, 7) is 0.100. The van der Waals surface area contributed by atoms with Crippen LogP contribution in [0.1, 0.15) is 22.3 Å². The van der Waals surface area contributed by atoms with E-state index in [1.54, 1.807) is 6.07 Å². The lowest BCUT2D eigenvalue weighted by atomic mass is 10.2. The topological polar surface area (TPSA) is 168 Å². The van der Waals surface area contributed by atoms with Crippen molar-refractivity contribution < 1.29 is 27.7 Å². The van der Waals surface area contributed by atoms with E-state index in [1.807, 2.05) is 30.3 Å². The van der Waals surface area contributed by atoms with Gasteiger partial charge in [0.05, 0.1) is 27.9 Å². The zero-order valence-electron chi connectivity index (χ0n) is 18.7. The Bertz CT molecular complexity index is 1390. The molecule has 2 N–H and O–H groups in total. The third kappa shape index (κ3) is 6.95. The van der Waals surface area contributed by atoms with Crippen LogP contribution in [0.4, 0.5) is 11.4 Å². The maximum atomic E-state index is 12.7. The molecule has 0 aliphatic rings. The predicted octanol–water partition coefficient (Wildman–Crippen LogP) is 3.15. The number of benzene rings is 3. The highest BCUT2D eigenvalue weighted by Crippen LogP contribution is 2.17. The summed E-state index contributed by atoms with van der Waals surface area (Å²) in [5.41, 5.74) is 1.04. The first-order valence-corrected chi connectivity index (χ1v) is 11.9. The second-order valence-electron chi connectivity index (χ2n) is 7.42. The number of nitrogens with one attached hydrogen (secondary N) is 2. The minimum absolute atomic E-state index is 0.100. The zero-order chi connectivity index (χ0) is 26.1. The maximum Gasteiger partial charge on any atom is 0.338 e. The van der Waals surface area contributed by atoms with Gasteiger partial charge < -0.3 is 10.1 Å². The average molecular weight is 509 g/mol. The van der Waals surface area contributed by atoms with Gasteiger partial charge in [0.2, 0.25) is 15.9 Å². The number of nitrogens with zero attached hydrogens (tertiary/aromatic N) is 2. The maximum absolute atomic E-state index is 12.7. The van der Waals surface area contributed by atoms with Crippen LogP contribution in [0.2, 0.25) is 0 Å². The van der Waals surface area contributed by atoms with Gasteiger partial charge in [0, 0.05) is 17.8 Å². The van der Waals surface area contributed by atoms with E-state index in [9.17, 15) is 28.1 Å². The van der Waals surface area contributed by atoms with E-state index in [1.165, 1.54) is 24.3 Å². The molecule has 12 heteroatoms. The molecular formula is C24H20N4O7S. The summed E-state index contributed by atoms with van der Waals surface area (Å²) in [4.78, 5) is 34.7. The van der Waals surface area contributed by atoms with Crippen molar-refractivity contribution in [2.45, 2.75) is 24.0 Å². The number of sulfonamides is 1. The fourth-order valence-corrected chi connectivity index (χ4v) is 4.20. The van der Waals surface area contributed by atoms with Gasteiger partial charge in [0.15, 0.2) is 0 Å². The molecule has 0 heterocycles. The monoisotopic (exact) mass is 508 g/mol. The van der Waals surface area contributed by atoms with E-state index >= 15 is 0 Å². The lowest BCUT2D eigenvalue weighted by Gasteiger charge is -2.16. The van der Waals surface area contributed by atoms with Crippen molar-refractivity contribution in [1.82, 2.24) is 4.72 Å². The largest absolute Gasteiger partial charge is 0.457 e. The van der Waals surface area contributed by atoms with Crippen LogP contribution in [-0.2, 0) is 26.2 Å². The molecule has 36 heavy (non-hydrogen) atoms. The normalized spacial score (nSPS) is 11.6. The number of carbonyl (C=O) groups is 2. The summed E-state index contributed by atoms with van der Waals surface area (Å²) in [5.74, 6) is -1.36. The lowest BCUT2D eigenvalue weighted by molar-refractivity contribution is -0.384. The van der Waals surface area contributed by atoms with Gasteiger partial charge in [-0.1, -0.05) is 30.3 Å². The molecule has 184 valence electrons. The Morgan fingerprint density at radius 3 is 2.22 bits per heavy atom. The van der Waals surface area contributed by atoms with Gasteiger partial charge in [-0.15, -0.1) is 0 Å². The van der Waals surface area contributed by atoms with Gasteiger partial charge in [-0.25, -0.2) is 13.2 Å². The van der Waals surface area contributed by atoms with Crippen molar-refractivity contribution in [2.75, 3.05) is 5.32 Å². The highest BCUT2D eigenvalue weighted by molar-refractivity contribution is 7.89. The van der Waals surface area contributed by atoms with E-state index in [2.05, 4.69) is 10.0 Å². The molecule has 3 aromatic carbocycles. The number of hydrogen-bond acceptors (Lipinski definition) is 8. The van der Waals surface area contributed by atoms with Crippen molar-refractivity contribution in [3.8, 4) is 6.07 Å². The minimum Gasteiger partial charge on any atom is -0.457 e. The van der Waals surface area contributed by atoms with Crippen molar-refractivity contribution in [3.05, 3.63) is 100 Å². The molecule has 0 aliphatic carbocycles. The van der Waals surface area contributed by atoms with Crippen LogP contribution in [0, 0.1) is 21.4 Å². The number of anilines is 1. The molecule has 0 saturated carbocycles. The van der Waals surface area contributed by atoms with Crippen LogP contribution in [0.15, 0.2) is 83.8 Å². The quantitative estimate of drug-likeness (QED) is 0.239. The van der Waals surface area contributed by atoms with Gasteiger partial charge in [-0.3, -0.25) is 14.9 Å². The summed E-state index contributed by atoms with van der Waals surface area (Å²) in [6.07, 6.45) is -0.470. The third-order valence-electron chi connectivity index (χ3n) is 4.87. The fourth-order valence-electron chi connectivity index (χ4n) is 3.01. The second-order valence-corrected chi connectivity index (χ2v) is 9.13. The van der Waals surface area contributed by atoms with Crippen molar-refractivity contribution in [2.24, 2.45) is 0 Å².